The quantitative estimate of drug-likeness (QED) is 0.286. The fourth-order valence-corrected chi connectivity index (χ4v) is 4.74. The Balaban J connectivity index is 1.91. The van der Waals surface area contributed by atoms with E-state index in [0.29, 0.717) is 0 Å². The summed E-state index contributed by atoms with van der Waals surface area (Å²) in [5, 5.41) is 15.4. The fourth-order valence-electron chi connectivity index (χ4n) is 2.67. The normalized spacial score (nSPS) is 10.9. The summed E-state index contributed by atoms with van der Waals surface area (Å²) in [5.41, 5.74) is -0.560. The molecule has 0 radical (unpaired) electrons. The van der Waals surface area contributed by atoms with Gasteiger partial charge in [0.25, 0.3) is 21.6 Å². The van der Waals surface area contributed by atoms with Gasteiger partial charge in [-0.15, -0.1) is 11.3 Å². The number of nitrogens with zero attached hydrogens (tertiary/aromatic N) is 1. The van der Waals surface area contributed by atoms with Gasteiger partial charge in [0.2, 0.25) is 0 Å². The minimum absolute atomic E-state index is 0.0564. The number of rotatable bonds is 8. The second-order valence-electron chi connectivity index (χ2n) is 6.28. The van der Waals surface area contributed by atoms with Crippen molar-refractivity contribution in [1.82, 2.24) is 0 Å². The number of nitro groups is 1. The van der Waals surface area contributed by atoms with Crippen LogP contribution in [0.4, 0.5) is 17.1 Å². The van der Waals surface area contributed by atoms with Gasteiger partial charge in [0.1, 0.15) is 4.21 Å². The maximum Gasteiger partial charge on any atom is 0.338 e. The molecule has 2 N–H and O–H groups in total. The van der Waals surface area contributed by atoms with Crippen molar-refractivity contribution in [2.75, 3.05) is 16.6 Å². The van der Waals surface area contributed by atoms with Crippen LogP contribution in [0.15, 0.2) is 64.2 Å². The summed E-state index contributed by atoms with van der Waals surface area (Å²) >= 11 is 1.03. The van der Waals surface area contributed by atoms with Gasteiger partial charge in [-0.1, -0.05) is 18.2 Å². The van der Waals surface area contributed by atoms with Crippen LogP contribution in [0.2, 0.25) is 0 Å². The summed E-state index contributed by atoms with van der Waals surface area (Å²) in [7, 11) is -3.87. The lowest BCUT2D eigenvalue weighted by molar-refractivity contribution is -0.384. The van der Waals surface area contributed by atoms with Crippen molar-refractivity contribution in [1.29, 1.82) is 0 Å². The number of non-ortho nitro benzene ring substituents is 1. The molecule has 1 amide bonds. The van der Waals surface area contributed by atoms with E-state index in [-0.39, 0.29) is 33.3 Å². The monoisotopic (exact) mass is 475 g/mol. The third-order valence-electron chi connectivity index (χ3n) is 4.08. The number of anilines is 2. The molecule has 3 aromatic rings. The predicted molar refractivity (Wildman–Crippen MR) is 119 cm³/mol. The van der Waals surface area contributed by atoms with E-state index in [1.165, 1.54) is 24.3 Å². The number of hydrogen-bond donors (Lipinski definition) is 2. The number of thiophene rings is 1. The molecule has 0 spiro atoms. The molecule has 0 fully saturated rings. The van der Waals surface area contributed by atoms with Crippen molar-refractivity contribution in [3.8, 4) is 0 Å². The Hall–Kier alpha value is -3.77. The Morgan fingerprint density at radius 1 is 1.06 bits per heavy atom. The lowest BCUT2D eigenvalue weighted by Crippen LogP contribution is -2.17. The van der Waals surface area contributed by atoms with Crippen LogP contribution in [0.25, 0.3) is 0 Å². The lowest BCUT2D eigenvalue weighted by atomic mass is 10.1. The summed E-state index contributed by atoms with van der Waals surface area (Å²) in [5.74, 6) is -1.59. The van der Waals surface area contributed by atoms with E-state index in [1.807, 2.05) is 0 Å². The average molecular weight is 476 g/mol. The molecule has 2 aromatic carbocycles. The van der Waals surface area contributed by atoms with Crippen LogP contribution < -0.4 is 10.0 Å². The minimum atomic E-state index is -3.87. The van der Waals surface area contributed by atoms with E-state index in [9.17, 15) is 28.1 Å². The molecule has 0 aliphatic rings. The van der Waals surface area contributed by atoms with E-state index >= 15 is 0 Å². The molecule has 0 saturated heterocycles. The van der Waals surface area contributed by atoms with Gasteiger partial charge in [0.05, 0.1) is 28.5 Å². The molecule has 10 nitrogen and oxygen atoms in total. The number of ether oxygens (including phenoxy) is 1. The van der Waals surface area contributed by atoms with Gasteiger partial charge >= 0.3 is 5.97 Å². The molecule has 1 heterocycles. The molecule has 0 saturated carbocycles. The van der Waals surface area contributed by atoms with Gasteiger partial charge in [-0.05, 0) is 36.6 Å². The average Bonchev–Trinajstić information content (AvgIpc) is 3.31. The number of carbonyl (C=O) groups is 2. The molecule has 12 heteroatoms. The Morgan fingerprint density at radius 3 is 2.38 bits per heavy atom. The summed E-state index contributed by atoms with van der Waals surface area (Å²) in [6.45, 7) is 1.64. The van der Waals surface area contributed by atoms with Crippen molar-refractivity contribution >= 4 is 50.3 Å². The number of esters is 1. The maximum atomic E-state index is 12.8. The number of hydrogen-bond acceptors (Lipinski definition) is 8. The second kappa shape index (κ2) is 9.58. The Kier molecular flexibility index (Phi) is 6.85. The number of sulfonamides is 1. The van der Waals surface area contributed by atoms with Crippen molar-refractivity contribution in [3.63, 3.8) is 0 Å². The summed E-state index contributed by atoms with van der Waals surface area (Å²) in [6.07, 6.45) is 0. The zero-order valence-electron chi connectivity index (χ0n) is 16.6. The molecule has 0 bridgehead atoms. The number of para-hydroxylation sites is 2. The van der Waals surface area contributed by atoms with Crippen LogP contribution >= 0.6 is 11.3 Å². The molecule has 0 atom stereocenters. The van der Waals surface area contributed by atoms with Crippen LogP contribution in [0.3, 0.4) is 0 Å². The van der Waals surface area contributed by atoms with Crippen molar-refractivity contribution in [3.05, 3.63) is 81.2 Å². The highest BCUT2D eigenvalue weighted by Gasteiger charge is 2.21. The first-order chi connectivity index (χ1) is 15.2. The third kappa shape index (κ3) is 5.28. The SMILES string of the molecule is CCOC(=O)c1cc(C(=O)Nc2ccccc2NS(=O)(=O)c2cccs2)cc([N+](=O)[O-])c1. The van der Waals surface area contributed by atoms with Gasteiger partial charge in [0, 0.05) is 17.7 Å². The van der Waals surface area contributed by atoms with Crippen LogP contribution in [0.1, 0.15) is 27.6 Å². The second-order valence-corrected chi connectivity index (χ2v) is 9.14. The highest BCUT2D eigenvalue weighted by atomic mass is 32.2. The van der Waals surface area contributed by atoms with E-state index in [1.54, 1.807) is 30.5 Å². The Morgan fingerprint density at radius 2 is 1.75 bits per heavy atom. The van der Waals surface area contributed by atoms with Crippen LogP contribution in [0.5, 0.6) is 0 Å². The fraction of sp³-hybridized carbons (Fsp3) is 0.100. The first kappa shape index (κ1) is 22.9. The molecular weight excluding hydrogens is 458 g/mol. The molecule has 166 valence electrons. The molecular formula is C20H17N3O7S2. The van der Waals surface area contributed by atoms with E-state index in [0.717, 1.165) is 23.5 Å². The molecule has 0 aliphatic heterocycles. The van der Waals surface area contributed by atoms with E-state index in [2.05, 4.69) is 10.0 Å². The summed E-state index contributed by atoms with van der Waals surface area (Å²) in [4.78, 5) is 35.3. The number of nitro benzene ring substituents is 1. The Labute approximate surface area is 187 Å². The van der Waals surface area contributed by atoms with Gasteiger partial charge < -0.3 is 10.1 Å². The van der Waals surface area contributed by atoms with Gasteiger partial charge in [0.15, 0.2) is 0 Å². The standard InChI is InChI=1S/C20H17N3O7S2/c1-2-30-20(25)14-10-13(11-15(12-14)23(26)27)19(24)21-16-6-3-4-7-17(16)22-32(28,29)18-8-5-9-31-18/h3-12,22H,2H2,1H3,(H,21,24). The smallest absolute Gasteiger partial charge is 0.338 e. The molecule has 1 aromatic heterocycles. The minimum Gasteiger partial charge on any atom is -0.462 e. The first-order valence-corrected chi connectivity index (χ1v) is 11.5. The van der Waals surface area contributed by atoms with Crippen molar-refractivity contribution in [2.24, 2.45) is 0 Å². The number of amides is 1. The molecule has 0 aliphatic carbocycles. The van der Waals surface area contributed by atoms with Gasteiger partial charge in [-0.3, -0.25) is 19.6 Å². The topological polar surface area (TPSA) is 145 Å². The zero-order valence-corrected chi connectivity index (χ0v) is 18.2. The number of benzene rings is 2. The van der Waals surface area contributed by atoms with E-state index < -0.39 is 32.5 Å². The highest BCUT2D eigenvalue weighted by Crippen LogP contribution is 2.27. The highest BCUT2D eigenvalue weighted by molar-refractivity contribution is 7.94. The number of carbonyl (C=O) groups excluding carboxylic acids is 2. The lowest BCUT2D eigenvalue weighted by Gasteiger charge is -2.13. The van der Waals surface area contributed by atoms with Crippen molar-refractivity contribution in [2.45, 2.75) is 11.1 Å². The van der Waals surface area contributed by atoms with Crippen LogP contribution in [0, 0.1) is 10.1 Å². The zero-order chi connectivity index (χ0) is 23.3. The maximum absolute atomic E-state index is 12.8. The molecule has 32 heavy (non-hydrogen) atoms. The third-order valence-corrected chi connectivity index (χ3v) is 6.84. The van der Waals surface area contributed by atoms with Crippen LogP contribution in [-0.2, 0) is 14.8 Å². The van der Waals surface area contributed by atoms with Crippen molar-refractivity contribution < 1.29 is 27.7 Å². The van der Waals surface area contributed by atoms with Gasteiger partial charge in [-0.2, -0.15) is 0 Å². The molecule has 0 unspecified atom stereocenters. The Bertz CT molecular complexity index is 1270. The number of nitrogens with one attached hydrogen (secondary N) is 2. The summed E-state index contributed by atoms with van der Waals surface area (Å²) in [6, 6.07) is 12.3. The van der Waals surface area contributed by atoms with E-state index in [4.69, 9.17) is 4.74 Å². The first-order valence-electron chi connectivity index (χ1n) is 9.14. The van der Waals surface area contributed by atoms with Gasteiger partial charge in [-0.25, -0.2) is 13.2 Å². The summed E-state index contributed by atoms with van der Waals surface area (Å²) < 4.78 is 32.4. The van der Waals surface area contributed by atoms with Crippen LogP contribution in [-0.4, -0.2) is 31.8 Å². The largest absolute Gasteiger partial charge is 0.462 e. The predicted octanol–water partition coefficient (Wildman–Crippen LogP) is 3.89. The molecule has 3 rings (SSSR count).